The van der Waals surface area contributed by atoms with Crippen LogP contribution >= 0.6 is 34.8 Å². The van der Waals surface area contributed by atoms with Crippen LogP contribution in [-0.4, -0.2) is 48.4 Å². The van der Waals surface area contributed by atoms with Crippen molar-refractivity contribution in [3.8, 4) is 0 Å². The highest BCUT2D eigenvalue weighted by Crippen LogP contribution is 2.22. The van der Waals surface area contributed by atoms with Crippen LogP contribution in [-0.2, 0) is 4.79 Å². The molecule has 142 valence electrons. The maximum atomic E-state index is 12.4. The molecule has 1 saturated heterocycles. The number of amides is 1. The van der Waals surface area contributed by atoms with E-state index in [0.717, 1.165) is 36.7 Å². The Labute approximate surface area is 175 Å². The predicted molar refractivity (Wildman–Crippen MR) is 114 cm³/mol. The number of nitrogens with zero attached hydrogens (tertiary/aromatic N) is 2. The van der Waals surface area contributed by atoms with Crippen LogP contribution in [0.4, 0.5) is 0 Å². The van der Waals surface area contributed by atoms with E-state index >= 15 is 0 Å². The Balaban J connectivity index is 1.50. The topological polar surface area (TPSA) is 23.6 Å². The molecule has 0 atom stereocenters. The van der Waals surface area contributed by atoms with Gasteiger partial charge in [-0.1, -0.05) is 59.1 Å². The zero-order chi connectivity index (χ0) is 19.2. The Morgan fingerprint density at radius 3 is 2.56 bits per heavy atom. The highest BCUT2D eigenvalue weighted by molar-refractivity contribution is 6.35. The predicted octanol–water partition coefficient (Wildman–Crippen LogP) is 5.16. The molecule has 1 amide bonds. The molecule has 3 rings (SSSR count). The highest BCUT2D eigenvalue weighted by atomic mass is 35.5. The zero-order valence-corrected chi connectivity index (χ0v) is 17.1. The molecule has 0 bridgehead atoms. The molecule has 27 heavy (non-hydrogen) atoms. The van der Waals surface area contributed by atoms with Gasteiger partial charge in [0.1, 0.15) is 0 Å². The second-order valence-electron chi connectivity index (χ2n) is 6.54. The lowest BCUT2D eigenvalue weighted by atomic mass is 10.2. The van der Waals surface area contributed by atoms with Gasteiger partial charge in [0.2, 0.25) is 5.91 Å². The third-order valence-electron chi connectivity index (χ3n) is 4.61. The molecule has 1 aliphatic heterocycles. The fourth-order valence-corrected chi connectivity index (χ4v) is 3.67. The van der Waals surface area contributed by atoms with E-state index in [-0.39, 0.29) is 5.91 Å². The molecule has 1 aromatic rings. The van der Waals surface area contributed by atoms with Crippen LogP contribution in [0.2, 0.25) is 10.0 Å². The molecular weight excluding hydrogens is 403 g/mol. The van der Waals surface area contributed by atoms with E-state index in [2.05, 4.69) is 17.1 Å². The molecule has 0 aromatic heterocycles. The van der Waals surface area contributed by atoms with Crippen LogP contribution in [0.5, 0.6) is 0 Å². The Hall–Kier alpha value is -1.52. The standard InChI is InChI=1S/C21H21Cl3N2O/c22-18-3-1-2-16(4-7-18)15-25-10-12-26(13-11-25)21(27)9-6-17-5-8-19(23)14-20(17)24/h2-9,14H,1,10-13,15H2/b9-6+. The summed E-state index contributed by atoms with van der Waals surface area (Å²) in [4.78, 5) is 16.7. The monoisotopic (exact) mass is 422 g/mol. The first kappa shape index (κ1) is 20.2. The molecule has 1 fully saturated rings. The number of hydrogen-bond donors (Lipinski definition) is 0. The number of rotatable bonds is 4. The van der Waals surface area contributed by atoms with Crippen LogP contribution in [0, 0.1) is 0 Å². The van der Waals surface area contributed by atoms with Gasteiger partial charge in [-0.3, -0.25) is 9.69 Å². The molecule has 0 saturated carbocycles. The van der Waals surface area contributed by atoms with Crippen molar-refractivity contribution < 1.29 is 4.79 Å². The summed E-state index contributed by atoms with van der Waals surface area (Å²) in [5, 5.41) is 1.90. The largest absolute Gasteiger partial charge is 0.337 e. The molecule has 0 spiro atoms. The van der Waals surface area contributed by atoms with Crippen LogP contribution in [0.15, 0.2) is 59.2 Å². The minimum atomic E-state index is 0.00484. The first-order valence-electron chi connectivity index (χ1n) is 8.88. The normalized spacial score (nSPS) is 18.4. The van der Waals surface area contributed by atoms with Gasteiger partial charge >= 0.3 is 0 Å². The van der Waals surface area contributed by atoms with Crippen LogP contribution in [0.1, 0.15) is 12.0 Å². The summed E-state index contributed by atoms with van der Waals surface area (Å²) in [6.07, 6.45) is 12.4. The molecule has 0 unspecified atom stereocenters. The first-order valence-corrected chi connectivity index (χ1v) is 10.0. The van der Waals surface area contributed by atoms with Gasteiger partial charge in [-0.25, -0.2) is 0 Å². The van der Waals surface area contributed by atoms with E-state index < -0.39 is 0 Å². The molecule has 1 aliphatic carbocycles. The summed E-state index contributed by atoms with van der Waals surface area (Å²) in [6, 6.07) is 5.24. The summed E-state index contributed by atoms with van der Waals surface area (Å²) in [5.74, 6) is 0.00484. The summed E-state index contributed by atoms with van der Waals surface area (Å²) < 4.78 is 0. The molecule has 2 aliphatic rings. The number of benzene rings is 1. The van der Waals surface area contributed by atoms with E-state index in [1.807, 2.05) is 23.1 Å². The summed E-state index contributed by atoms with van der Waals surface area (Å²) in [6.45, 7) is 4.02. The Morgan fingerprint density at radius 2 is 1.81 bits per heavy atom. The molecule has 3 nitrogen and oxygen atoms in total. The van der Waals surface area contributed by atoms with Gasteiger partial charge in [-0.2, -0.15) is 0 Å². The van der Waals surface area contributed by atoms with Gasteiger partial charge < -0.3 is 4.90 Å². The average Bonchev–Trinajstić information content (AvgIpc) is 2.85. The number of carbonyl (C=O) groups is 1. The second-order valence-corrected chi connectivity index (χ2v) is 7.82. The lowest BCUT2D eigenvalue weighted by Gasteiger charge is -2.34. The van der Waals surface area contributed by atoms with Crippen molar-refractivity contribution in [2.75, 3.05) is 32.7 Å². The number of halogens is 3. The van der Waals surface area contributed by atoms with E-state index in [1.54, 1.807) is 24.3 Å². The SMILES string of the molecule is O=C(/C=C/c1ccc(Cl)cc1Cl)N1CCN(CC2=CCC=C(Cl)C=C2)CC1. The number of hydrogen-bond acceptors (Lipinski definition) is 2. The summed E-state index contributed by atoms with van der Waals surface area (Å²) in [7, 11) is 0. The van der Waals surface area contributed by atoms with E-state index in [0.29, 0.717) is 23.1 Å². The number of piperazine rings is 1. The fraction of sp³-hybridized carbons (Fsp3) is 0.286. The highest BCUT2D eigenvalue weighted by Gasteiger charge is 2.20. The summed E-state index contributed by atoms with van der Waals surface area (Å²) >= 11 is 18.1. The number of allylic oxidation sites excluding steroid dienone is 4. The smallest absolute Gasteiger partial charge is 0.246 e. The summed E-state index contributed by atoms with van der Waals surface area (Å²) in [5.41, 5.74) is 2.05. The Bertz CT molecular complexity index is 819. The molecule has 0 N–H and O–H groups in total. The Kier molecular flexibility index (Phi) is 7.20. The molecule has 1 aromatic carbocycles. The molecule has 6 heteroatoms. The van der Waals surface area contributed by atoms with Crippen molar-refractivity contribution in [1.82, 2.24) is 9.80 Å². The van der Waals surface area contributed by atoms with E-state index in [9.17, 15) is 4.79 Å². The van der Waals surface area contributed by atoms with E-state index in [4.69, 9.17) is 34.8 Å². The van der Waals surface area contributed by atoms with Crippen molar-refractivity contribution in [3.05, 3.63) is 74.8 Å². The maximum Gasteiger partial charge on any atom is 0.246 e. The van der Waals surface area contributed by atoms with Crippen molar-refractivity contribution in [1.29, 1.82) is 0 Å². The lowest BCUT2D eigenvalue weighted by Crippen LogP contribution is -2.48. The van der Waals surface area contributed by atoms with Crippen molar-refractivity contribution >= 4 is 46.8 Å². The van der Waals surface area contributed by atoms with Gasteiger partial charge in [0, 0.05) is 53.9 Å². The lowest BCUT2D eigenvalue weighted by molar-refractivity contribution is -0.127. The molecular formula is C21H21Cl3N2O. The van der Waals surface area contributed by atoms with Crippen LogP contribution in [0.25, 0.3) is 6.08 Å². The van der Waals surface area contributed by atoms with Gasteiger partial charge in [-0.05, 0) is 41.8 Å². The minimum Gasteiger partial charge on any atom is -0.337 e. The first-order chi connectivity index (χ1) is 13.0. The van der Waals surface area contributed by atoms with Gasteiger partial charge in [-0.15, -0.1) is 0 Å². The number of carbonyl (C=O) groups excluding carboxylic acids is 1. The average molecular weight is 424 g/mol. The Morgan fingerprint density at radius 1 is 1.04 bits per heavy atom. The molecule has 1 heterocycles. The van der Waals surface area contributed by atoms with E-state index in [1.165, 1.54) is 5.57 Å². The van der Waals surface area contributed by atoms with Gasteiger partial charge in [0.15, 0.2) is 0 Å². The maximum absolute atomic E-state index is 12.4. The molecule has 0 radical (unpaired) electrons. The van der Waals surface area contributed by atoms with Gasteiger partial charge in [0.05, 0.1) is 0 Å². The third kappa shape index (κ3) is 5.98. The quantitative estimate of drug-likeness (QED) is 0.625. The van der Waals surface area contributed by atoms with Crippen molar-refractivity contribution in [3.63, 3.8) is 0 Å². The van der Waals surface area contributed by atoms with Crippen LogP contribution in [0.3, 0.4) is 0 Å². The second kappa shape index (κ2) is 9.61. The van der Waals surface area contributed by atoms with Crippen LogP contribution < -0.4 is 0 Å². The zero-order valence-electron chi connectivity index (χ0n) is 14.9. The fourth-order valence-electron chi connectivity index (χ4n) is 3.05. The third-order valence-corrected chi connectivity index (χ3v) is 5.45. The minimum absolute atomic E-state index is 0.00484. The van der Waals surface area contributed by atoms with Crippen molar-refractivity contribution in [2.45, 2.75) is 6.42 Å². The van der Waals surface area contributed by atoms with Gasteiger partial charge in [0.25, 0.3) is 0 Å². The van der Waals surface area contributed by atoms with Crippen molar-refractivity contribution in [2.24, 2.45) is 0 Å².